The first-order valence-electron chi connectivity index (χ1n) is 10.2. The van der Waals surface area contributed by atoms with Crippen LogP contribution in [0.25, 0.3) is 10.9 Å². The first-order valence-corrected chi connectivity index (χ1v) is 10.6. The SMILES string of the molecule is N.Nc1cc(C2CCC(NCc3cccc(OC(F)(F)F)c3)CC2)c2ccc(Cl)cc2n1. The summed E-state index contributed by atoms with van der Waals surface area (Å²) < 4.78 is 41.2. The Balaban J connectivity index is 0.00000289. The Morgan fingerprint density at radius 1 is 1.06 bits per heavy atom. The highest BCUT2D eigenvalue weighted by molar-refractivity contribution is 6.31. The van der Waals surface area contributed by atoms with Crippen LogP contribution in [0.2, 0.25) is 5.02 Å². The zero-order chi connectivity index (χ0) is 22.0. The maximum absolute atomic E-state index is 12.4. The van der Waals surface area contributed by atoms with Gasteiger partial charge in [-0.25, -0.2) is 4.98 Å². The topological polar surface area (TPSA) is 95.2 Å². The molecule has 0 aliphatic heterocycles. The molecule has 0 radical (unpaired) electrons. The summed E-state index contributed by atoms with van der Waals surface area (Å²) in [6.45, 7) is 0.494. The van der Waals surface area contributed by atoms with Crippen LogP contribution in [-0.2, 0) is 6.54 Å². The predicted molar refractivity (Wildman–Crippen MR) is 121 cm³/mol. The smallest absolute Gasteiger partial charge is 0.406 e. The number of benzene rings is 2. The Kier molecular flexibility index (Phi) is 7.48. The lowest BCUT2D eigenvalue weighted by atomic mass is 9.80. The number of halogens is 4. The molecule has 0 saturated heterocycles. The molecule has 32 heavy (non-hydrogen) atoms. The van der Waals surface area contributed by atoms with E-state index in [0.717, 1.165) is 42.1 Å². The van der Waals surface area contributed by atoms with Gasteiger partial charge in [-0.3, -0.25) is 0 Å². The Morgan fingerprint density at radius 3 is 2.53 bits per heavy atom. The van der Waals surface area contributed by atoms with Gasteiger partial charge in [-0.15, -0.1) is 13.2 Å². The maximum atomic E-state index is 12.4. The highest BCUT2D eigenvalue weighted by Gasteiger charge is 2.31. The van der Waals surface area contributed by atoms with Crippen LogP contribution in [0.3, 0.4) is 0 Å². The number of aromatic nitrogens is 1. The van der Waals surface area contributed by atoms with E-state index in [4.69, 9.17) is 17.3 Å². The molecule has 1 aliphatic rings. The summed E-state index contributed by atoms with van der Waals surface area (Å²) in [4.78, 5) is 4.40. The van der Waals surface area contributed by atoms with Crippen molar-refractivity contribution in [2.24, 2.45) is 0 Å². The number of hydrogen-bond donors (Lipinski definition) is 3. The standard InChI is InChI=1S/C23H23ClF3N3O.H3N/c24-16-6-9-19-20(12-22(28)30-21(19)11-16)15-4-7-17(8-5-15)29-13-14-2-1-3-18(10-14)31-23(25,26)27;/h1-3,6,9-12,15,17,29H,4-5,7-8,13H2,(H2,28,30);1H3. The quantitative estimate of drug-likeness (QED) is 0.407. The summed E-state index contributed by atoms with van der Waals surface area (Å²) in [5, 5.41) is 5.18. The average Bonchev–Trinajstić information content (AvgIpc) is 2.71. The molecular weight excluding hydrogens is 441 g/mol. The molecule has 1 heterocycles. The predicted octanol–water partition coefficient (Wildman–Crippen LogP) is 6.35. The molecule has 0 atom stereocenters. The van der Waals surface area contributed by atoms with Crippen molar-refractivity contribution in [2.45, 2.75) is 50.6 Å². The van der Waals surface area contributed by atoms with Gasteiger partial charge in [0.15, 0.2) is 0 Å². The Morgan fingerprint density at radius 2 is 1.81 bits per heavy atom. The molecule has 2 aromatic carbocycles. The van der Waals surface area contributed by atoms with Crippen LogP contribution in [0.15, 0.2) is 48.5 Å². The van der Waals surface area contributed by atoms with E-state index in [1.165, 1.54) is 17.7 Å². The van der Waals surface area contributed by atoms with Gasteiger partial charge in [0.25, 0.3) is 0 Å². The van der Waals surface area contributed by atoms with Crippen LogP contribution in [0.4, 0.5) is 19.0 Å². The second-order valence-electron chi connectivity index (χ2n) is 7.92. The van der Waals surface area contributed by atoms with Crippen molar-refractivity contribution in [2.75, 3.05) is 5.73 Å². The fourth-order valence-corrected chi connectivity index (χ4v) is 4.48. The minimum Gasteiger partial charge on any atom is -0.406 e. The molecule has 0 spiro atoms. The summed E-state index contributed by atoms with van der Waals surface area (Å²) in [7, 11) is 0. The number of pyridine rings is 1. The summed E-state index contributed by atoms with van der Waals surface area (Å²) in [5.41, 5.74) is 8.79. The second-order valence-corrected chi connectivity index (χ2v) is 8.36. The van der Waals surface area contributed by atoms with Crippen molar-refractivity contribution < 1.29 is 17.9 Å². The molecule has 172 valence electrons. The van der Waals surface area contributed by atoms with E-state index in [9.17, 15) is 13.2 Å². The normalized spacial score (nSPS) is 18.9. The Bertz CT molecular complexity index is 1060. The van der Waals surface area contributed by atoms with Crippen LogP contribution in [-0.4, -0.2) is 17.4 Å². The van der Waals surface area contributed by atoms with E-state index in [0.29, 0.717) is 29.3 Å². The van der Waals surface area contributed by atoms with E-state index < -0.39 is 6.36 Å². The molecule has 1 saturated carbocycles. The summed E-state index contributed by atoms with van der Waals surface area (Å²) >= 11 is 6.10. The lowest BCUT2D eigenvalue weighted by Gasteiger charge is -2.30. The maximum Gasteiger partial charge on any atom is 0.573 e. The first-order chi connectivity index (χ1) is 14.8. The first kappa shape index (κ1) is 24.1. The highest BCUT2D eigenvalue weighted by Crippen LogP contribution is 2.37. The van der Waals surface area contributed by atoms with Gasteiger partial charge in [0.2, 0.25) is 0 Å². The highest BCUT2D eigenvalue weighted by atomic mass is 35.5. The van der Waals surface area contributed by atoms with Crippen molar-refractivity contribution in [3.63, 3.8) is 0 Å². The molecule has 0 unspecified atom stereocenters. The molecule has 0 amide bonds. The van der Waals surface area contributed by atoms with Crippen molar-refractivity contribution in [3.05, 3.63) is 64.7 Å². The molecule has 9 heteroatoms. The lowest BCUT2D eigenvalue weighted by molar-refractivity contribution is -0.274. The van der Waals surface area contributed by atoms with E-state index in [-0.39, 0.29) is 11.9 Å². The number of nitrogens with one attached hydrogen (secondary N) is 1. The van der Waals surface area contributed by atoms with Crippen LogP contribution in [0, 0.1) is 0 Å². The van der Waals surface area contributed by atoms with Crippen molar-refractivity contribution in [1.82, 2.24) is 16.5 Å². The number of rotatable bonds is 5. The van der Waals surface area contributed by atoms with Gasteiger partial charge in [-0.1, -0.05) is 29.8 Å². The van der Waals surface area contributed by atoms with Crippen molar-refractivity contribution in [1.29, 1.82) is 0 Å². The van der Waals surface area contributed by atoms with Gasteiger partial charge in [0.1, 0.15) is 11.6 Å². The summed E-state index contributed by atoms with van der Waals surface area (Å²) in [5.74, 6) is 0.680. The van der Waals surface area contributed by atoms with Gasteiger partial charge >= 0.3 is 6.36 Å². The zero-order valence-corrected chi connectivity index (χ0v) is 18.2. The number of anilines is 1. The van der Waals surface area contributed by atoms with Gasteiger partial charge in [-0.05, 0) is 73.1 Å². The minimum absolute atomic E-state index is 0. The molecule has 1 fully saturated rings. The monoisotopic (exact) mass is 466 g/mol. The number of nitrogens with two attached hydrogens (primary N) is 1. The molecule has 3 aromatic rings. The van der Waals surface area contributed by atoms with Gasteiger partial charge < -0.3 is 21.9 Å². The summed E-state index contributed by atoms with van der Waals surface area (Å²) in [6.07, 6.45) is -0.746. The van der Waals surface area contributed by atoms with Gasteiger partial charge in [-0.2, -0.15) is 0 Å². The molecule has 5 nitrogen and oxygen atoms in total. The van der Waals surface area contributed by atoms with E-state index in [1.54, 1.807) is 12.1 Å². The molecular formula is C23H26ClF3N4O. The number of nitrogen functional groups attached to an aromatic ring is 1. The molecule has 6 N–H and O–H groups in total. The fourth-order valence-electron chi connectivity index (χ4n) is 4.31. The molecule has 1 aliphatic carbocycles. The third kappa shape index (κ3) is 6.03. The molecule has 0 bridgehead atoms. The van der Waals surface area contributed by atoms with Gasteiger partial charge in [0.05, 0.1) is 5.52 Å². The van der Waals surface area contributed by atoms with Crippen LogP contribution >= 0.6 is 11.6 Å². The molecule has 4 rings (SSSR count). The van der Waals surface area contributed by atoms with Crippen molar-refractivity contribution >= 4 is 28.3 Å². The van der Waals surface area contributed by atoms with Crippen LogP contribution < -0.4 is 21.9 Å². The fraction of sp³-hybridized carbons (Fsp3) is 0.348. The number of hydrogen-bond acceptors (Lipinski definition) is 5. The number of nitrogens with zero attached hydrogens (tertiary/aromatic N) is 1. The number of fused-ring (bicyclic) bond motifs is 1. The van der Waals surface area contributed by atoms with E-state index >= 15 is 0 Å². The number of alkyl halides is 3. The third-order valence-corrected chi connectivity index (χ3v) is 5.95. The van der Waals surface area contributed by atoms with E-state index in [2.05, 4.69) is 15.0 Å². The summed E-state index contributed by atoms with van der Waals surface area (Å²) in [6, 6.07) is 14.1. The lowest BCUT2D eigenvalue weighted by Crippen LogP contribution is -2.32. The third-order valence-electron chi connectivity index (χ3n) is 5.72. The van der Waals surface area contributed by atoms with E-state index in [1.807, 2.05) is 24.3 Å². The Hall–Kier alpha value is -2.55. The minimum atomic E-state index is -4.68. The van der Waals surface area contributed by atoms with Crippen LogP contribution in [0.1, 0.15) is 42.7 Å². The van der Waals surface area contributed by atoms with Crippen molar-refractivity contribution in [3.8, 4) is 5.75 Å². The average molecular weight is 467 g/mol. The largest absolute Gasteiger partial charge is 0.573 e. The second kappa shape index (κ2) is 9.94. The Labute approximate surface area is 189 Å². The molecule has 1 aromatic heterocycles. The zero-order valence-electron chi connectivity index (χ0n) is 17.5. The van der Waals surface area contributed by atoms with Crippen LogP contribution in [0.5, 0.6) is 5.75 Å². The van der Waals surface area contributed by atoms with Gasteiger partial charge in [0, 0.05) is 23.0 Å². The number of ether oxygens (including phenoxy) is 1.